The van der Waals surface area contributed by atoms with Gasteiger partial charge in [-0.25, -0.2) is 0 Å². The number of hydrogen-bond donors (Lipinski definition) is 1. The van der Waals surface area contributed by atoms with E-state index in [1.165, 1.54) is 7.11 Å². The fraction of sp³-hybridized carbons (Fsp3) is 0.833. The second kappa shape index (κ2) is 6.51. The number of methoxy groups -OCH3 is 1. The minimum absolute atomic E-state index is 0.0127. The van der Waals surface area contributed by atoms with Crippen molar-refractivity contribution in [2.75, 3.05) is 26.9 Å². The molecule has 0 bridgehead atoms. The fourth-order valence-corrected chi connectivity index (χ4v) is 0.424. The lowest BCUT2D eigenvalue weighted by Gasteiger charge is -1.99. The Morgan fingerprint density at radius 2 is 2.20 bits per heavy atom. The van der Waals surface area contributed by atoms with E-state index in [0.717, 1.165) is 0 Å². The van der Waals surface area contributed by atoms with E-state index in [9.17, 15) is 4.79 Å². The van der Waals surface area contributed by atoms with Crippen LogP contribution < -0.4 is 0 Å². The molecule has 0 atom stereocenters. The maximum atomic E-state index is 10.4. The first kappa shape index (κ1) is 9.39. The highest BCUT2D eigenvalue weighted by Crippen LogP contribution is 1.84. The number of carbonyl (C=O) groups excluding carboxylic acids is 1. The Morgan fingerprint density at radius 1 is 1.50 bits per heavy atom. The van der Waals surface area contributed by atoms with Crippen molar-refractivity contribution >= 4 is 5.97 Å². The van der Waals surface area contributed by atoms with Gasteiger partial charge in [-0.15, -0.1) is 0 Å². The molecule has 0 aromatic carbocycles. The average molecular weight is 148 g/mol. The van der Waals surface area contributed by atoms with E-state index >= 15 is 0 Å². The van der Waals surface area contributed by atoms with Crippen LogP contribution in [-0.2, 0) is 14.3 Å². The topological polar surface area (TPSA) is 55.8 Å². The normalized spacial score (nSPS) is 9.40. The number of aliphatic hydroxyl groups is 1. The fourth-order valence-electron chi connectivity index (χ4n) is 0.424. The Morgan fingerprint density at radius 3 is 2.70 bits per heavy atom. The van der Waals surface area contributed by atoms with Crippen LogP contribution in [0.15, 0.2) is 0 Å². The smallest absolute Gasteiger partial charge is 0.307 e. The first-order chi connectivity index (χ1) is 4.81. The lowest BCUT2D eigenvalue weighted by molar-refractivity contribution is -0.141. The zero-order chi connectivity index (χ0) is 7.82. The molecule has 60 valence electrons. The molecule has 0 saturated heterocycles. The summed E-state index contributed by atoms with van der Waals surface area (Å²) >= 11 is 0. The molecule has 0 unspecified atom stereocenters. The summed E-state index contributed by atoms with van der Waals surface area (Å²) in [5, 5.41) is 8.25. The van der Waals surface area contributed by atoms with Crippen molar-refractivity contribution in [2.24, 2.45) is 0 Å². The molecular formula is C6H12O4. The van der Waals surface area contributed by atoms with Crippen LogP contribution in [0.5, 0.6) is 0 Å². The third kappa shape index (κ3) is 5.53. The standard InChI is InChI=1S/C6H12O4/c1-9-6(8)2-4-10-5-3-7/h7H,2-5H2,1H3. The highest BCUT2D eigenvalue weighted by Gasteiger charge is 1.97. The molecule has 0 radical (unpaired) electrons. The van der Waals surface area contributed by atoms with Gasteiger partial charge in [-0.2, -0.15) is 0 Å². The minimum atomic E-state index is -0.294. The molecule has 0 aromatic heterocycles. The largest absolute Gasteiger partial charge is 0.469 e. The van der Waals surface area contributed by atoms with E-state index in [1.807, 2.05) is 0 Å². The third-order valence-electron chi connectivity index (χ3n) is 0.914. The highest BCUT2D eigenvalue weighted by atomic mass is 16.5. The van der Waals surface area contributed by atoms with Crippen molar-refractivity contribution in [1.82, 2.24) is 0 Å². The monoisotopic (exact) mass is 148 g/mol. The first-order valence-corrected chi connectivity index (χ1v) is 3.06. The molecule has 0 saturated carbocycles. The minimum Gasteiger partial charge on any atom is -0.469 e. The van der Waals surface area contributed by atoms with Crippen molar-refractivity contribution in [1.29, 1.82) is 0 Å². The Bertz CT molecular complexity index is 91.7. The summed E-state index contributed by atoms with van der Waals surface area (Å²) in [5.74, 6) is -0.294. The van der Waals surface area contributed by atoms with Crippen LogP contribution in [0.1, 0.15) is 6.42 Å². The predicted molar refractivity (Wildman–Crippen MR) is 34.5 cm³/mol. The SMILES string of the molecule is COC(=O)CCOCCO. The van der Waals surface area contributed by atoms with E-state index in [0.29, 0.717) is 6.61 Å². The number of ether oxygens (including phenoxy) is 2. The number of carbonyl (C=O) groups is 1. The maximum absolute atomic E-state index is 10.4. The van der Waals surface area contributed by atoms with Gasteiger partial charge in [0.1, 0.15) is 0 Å². The maximum Gasteiger partial charge on any atom is 0.307 e. The van der Waals surface area contributed by atoms with Crippen LogP contribution in [0, 0.1) is 0 Å². The molecular weight excluding hydrogens is 136 g/mol. The first-order valence-electron chi connectivity index (χ1n) is 3.06. The van der Waals surface area contributed by atoms with Gasteiger partial charge in [0.25, 0.3) is 0 Å². The number of aliphatic hydroxyl groups excluding tert-OH is 1. The summed E-state index contributed by atoms with van der Waals surface area (Å²) in [4.78, 5) is 10.4. The van der Waals surface area contributed by atoms with Gasteiger partial charge in [0.15, 0.2) is 0 Å². The van der Waals surface area contributed by atoms with Gasteiger partial charge in [-0.3, -0.25) is 4.79 Å². The van der Waals surface area contributed by atoms with Gasteiger partial charge in [-0.05, 0) is 0 Å². The summed E-state index contributed by atoms with van der Waals surface area (Å²) < 4.78 is 9.15. The number of hydrogen-bond acceptors (Lipinski definition) is 4. The van der Waals surface area contributed by atoms with Crippen molar-refractivity contribution < 1.29 is 19.4 Å². The van der Waals surface area contributed by atoms with Gasteiger partial charge in [0.2, 0.25) is 0 Å². The van der Waals surface area contributed by atoms with Gasteiger partial charge in [-0.1, -0.05) is 0 Å². The van der Waals surface area contributed by atoms with Gasteiger partial charge < -0.3 is 14.6 Å². The van der Waals surface area contributed by atoms with Crippen LogP contribution in [0.2, 0.25) is 0 Å². The van der Waals surface area contributed by atoms with E-state index in [-0.39, 0.29) is 25.6 Å². The molecule has 0 aromatic rings. The Labute approximate surface area is 59.7 Å². The molecule has 10 heavy (non-hydrogen) atoms. The molecule has 0 amide bonds. The zero-order valence-electron chi connectivity index (χ0n) is 6.00. The van der Waals surface area contributed by atoms with Crippen molar-refractivity contribution in [3.05, 3.63) is 0 Å². The molecule has 4 heteroatoms. The van der Waals surface area contributed by atoms with Crippen molar-refractivity contribution in [3.8, 4) is 0 Å². The average Bonchev–Trinajstić information content (AvgIpc) is 1.98. The quantitative estimate of drug-likeness (QED) is 0.424. The molecule has 0 rings (SSSR count). The van der Waals surface area contributed by atoms with Crippen LogP contribution in [0.3, 0.4) is 0 Å². The van der Waals surface area contributed by atoms with Gasteiger partial charge >= 0.3 is 5.97 Å². The summed E-state index contributed by atoms with van der Waals surface area (Å²) in [6.07, 6.45) is 0.247. The lowest BCUT2D eigenvalue weighted by Crippen LogP contribution is -2.07. The molecule has 0 aliphatic carbocycles. The van der Waals surface area contributed by atoms with E-state index < -0.39 is 0 Å². The number of rotatable bonds is 5. The van der Waals surface area contributed by atoms with Crippen LogP contribution >= 0.6 is 0 Å². The Hall–Kier alpha value is -0.610. The molecule has 0 aliphatic rings. The van der Waals surface area contributed by atoms with E-state index in [1.54, 1.807) is 0 Å². The summed E-state index contributed by atoms with van der Waals surface area (Å²) in [6.45, 7) is 0.575. The molecule has 0 spiro atoms. The summed E-state index contributed by atoms with van der Waals surface area (Å²) in [5.41, 5.74) is 0. The lowest BCUT2D eigenvalue weighted by atomic mass is 10.5. The Balaban J connectivity index is 2.96. The second-order valence-electron chi connectivity index (χ2n) is 1.66. The van der Waals surface area contributed by atoms with Crippen LogP contribution in [0.4, 0.5) is 0 Å². The highest BCUT2D eigenvalue weighted by molar-refractivity contribution is 5.69. The van der Waals surface area contributed by atoms with Gasteiger partial charge in [0, 0.05) is 0 Å². The number of esters is 1. The molecule has 0 aliphatic heterocycles. The third-order valence-corrected chi connectivity index (χ3v) is 0.914. The van der Waals surface area contributed by atoms with Gasteiger partial charge in [0.05, 0.1) is 33.4 Å². The molecule has 4 nitrogen and oxygen atoms in total. The van der Waals surface area contributed by atoms with E-state index in [2.05, 4.69) is 4.74 Å². The molecule has 0 fully saturated rings. The van der Waals surface area contributed by atoms with Crippen LogP contribution in [-0.4, -0.2) is 38.0 Å². The molecule has 0 heterocycles. The Kier molecular flexibility index (Phi) is 6.11. The van der Waals surface area contributed by atoms with Crippen molar-refractivity contribution in [2.45, 2.75) is 6.42 Å². The summed E-state index contributed by atoms with van der Waals surface area (Å²) in [6, 6.07) is 0. The second-order valence-corrected chi connectivity index (χ2v) is 1.66. The molecule has 1 N–H and O–H groups in total. The van der Waals surface area contributed by atoms with E-state index in [4.69, 9.17) is 9.84 Å². The van der Waals surface area contributed by atoms with Crippen LogP contribution in [0.25, 0.3) is 0 Å². The predicted octanol–water partition coefficient (Wildman–Crippen LogP) is -0.442. The zero-order valence-corrected chi connectivity index (χ0v) is 6.00. The van der Waals surface area contributed by atoms with Crippen molar-refractivity contribution in [3.63, 3.8) is 0 Å². The summed E-state index contributed by atoms with van der Waals surface area (Å²) in [7, 11) is 1.33.